The van der Waals surface area contributed by atoms with Crippen molar-refractivity contribution in [2.75, 3.05) is 18.5 Å². The molecule has 0 spiro atoms. The Labute approximate surface area is 263 Å². The molecule has 1 atom stereocenters. The second-order valence-electron chi connectivity index (χ2n) is 10.6. The number of nitrogens with one attached hydrogen (secondary N) is 3. The Morgan fingerprint density at radius 1 is 0.867 bits per heavy atom. The minimum absolute atomic E-state index is 0.151. The fourth-order valence-electron chi connectivity index (χ4n) is 5.02. The Kier molecular flexibility index (Phi) is 12.1. The third-order valence-electron chi connectivity index (χ3n) is 7.37. The standard InChI is InChI=1S/C35H40N4O6/c1-3-44-32(40)21-11-17-26-15-7-9-18-28(26)37-33(41)29(19-12-22-36-35(43)45-24-25-13-5-4-6-14-25)38-34(42)31-23-27-16-8-10-20-30(27)39(31)2/h4-10,13-16,18,20,23,29H,3,11-12,17,19,21-22,24H2,1-2H3,(H,36,43)(H,37,41)(H,38,42)/t29-/m0/s1. The van der Waals surface area contributed by atoms with E-state index in [4.69, 9.17) is 9.47 Å². The highest BCUT2D eigenvalue weighted by Gasteiger charge is 2.24. The minimum Gasteiger partial charge on any atom is -0.466 e. The zero-order valence-electron chi connectivity index (χ0n) is 25.7. The SMILES string of the molecule is CCOC(=O)CCCc1ccccc1NC(=O)[C@H](CCCNC(=O)OCc1ccccc1)NC(=O)c1cc2ccccc2n1C. The summed E-state index contributed by atoms with van der Waals surface area (Å²) in [6.45, 7) is 2.51. The first-order valence-corrected chi connectivity index (χ1v) is 15.2. The van der Waals surface area contributed by atoms with Crippen LogP contribution in [0.1, 0.15) is 54.2 Å². The molecule has 236 valence electrons. The number of hydrogen-bond donors (Lipinski definition) is 3. The van der Waals surface area contributed by atoms with Crippen molar-refractivity contribution in [2.45, 2.75) is 51.7 Å². The highest BCUT2D eigenvalue weighted by Crippen LogP contribution is 2.20. The molecule has 0 unspecified atom stereocenters. The molecule has 1 heterocycles. The summed E-state index contributed by atoms with van der Waals surface area (Å²) in [5.41, 5.74) is 3.69. The normalized spacial score (nSPS) is 11.4. The number of fused-ring (bicyclic) bond motifs is 1. The molecule has 3 aromatic carbocycles. The van der Waals surface area contributed by atoms with E-state index in [1.54, 1.807) is 23.6 Å². The number of aryl methyl sites for hydroxylation is 2. The maximum Gasteiger partial charge on any atom is 0.407 e. The lowest BCUT2D eigenvalue weighted by Gasteiger charge is -2.20. The van der Waals surface area contributed by atoms with Crippen molar-refractivity contribution in [1.82, 2.24) is 15.2 Å². The zero-order chi connectivity index (χ0) is 32.0. The van der Waals surface area contributed by atoms with Gasteiger partial charge in [0.05, 0.1) is 6.61 Å². The van der Waals surface area contributed by atoms with E-state index in [1.165, 1.54) is 0 Å². The van der Waals surface area contributed by atoms with Gasteiger partial charge in [0.15, 0.2) is 0 Å². The number of carbonyl (C=O) groups excluding carboxylic acids is 4. The van der Waals surface area contributed by atoms with Crippen molar-refractivity contribution in [1.29, 1.82) is 0 Å². The highest BCUT2D eigenvalue weighted by atomic mass is 16.5. The second kappa shape index (κ2) is 16.7. The monoisotopic (exact) mass is 612 g/mol. The first kappa shape index (κ1) is 32.8. The van der Waals surface area contributed by atoms with Crippen LogP contribution in [0.4, 0.5) is 10.5 Å². The molecule has 0 bridgehead atoms. The van der Waals surface area contributed by atoms with Crippen LogP contribution < -0.4 is 16.0 Å². The third-order valence-corrected chi connectivity index (χ3v) is 7.37. The number of anilines is 1. The fraction of sp³-hybridized carbons (Fsp3) is 0.314. The molecule has 4 rings (SSSR count). The molecule has 10 nitrogen and oxygen atoms in total. The molecule has 3 amide bonds. The molecule has 1 aromatic heterocycles. The molecule has 0 aliphatic heterocycles. The number of hydrogen-bond acceptors (Lipinski definition) is 6. The summed E-state index contributed by atoms with van der Waals surface area (Å²) in [4.78, 5) is 51.1. The van der Waals surface area contributed by atoms with Crippen molar-refractivity contribution in [3.05, 3.63) is 102 Å². The summed E-state index contributed by atoms with van der Waals surface area (Å²) in [5.74, 6) is -1.02. The predicted octanol–water partition coefficient (Wildman–Crippen LogP) is 5.51. The topological polar surface area (TPSA) is 128 Å². The van der Waals surface area contributed by atoms with Crippen LogP contribution in [0.2, 0.25) is 0 Å². The van der Waals surface area contributed by atoms with Crippen molar-refractivity contribution in [3.63, 3.8) is 0 Å². The number of carbonyl (C=O) groups is 4. The van der Waals surface area contributed by atoms with Gasteiger partial charge in [0.1, 0.15) is 18.3 Å². The molecule has 45 heavy (non-hydrogen) atoms. The molecule has 0 radical (unpaired) electrons. The summed E-state index contributed by atoms with van der Waals surface area (Å²) in [6.07, 6.45) is 1.54. The summed E-state index contributed by atoms with van der Waals surface area (Å²) in [7, 11) is 1.81. The zero-order valence-corrected chi connectivity index (χ0v) is 25.7. The van der Waals surface area contributed by atoms with Crippen LogP contribution >= 0.6 is 0 Å². The van der Waals surface area contributed by atoms with Crippen molar-refractivity contribution >= 4 is 40.5 Å². The Bertz CT molecular complexity index is 1600. The van der Waals surface area contributed by atoms with Crippen molar-refractivity contribution < 1.29 is 28.7 Å². The van der Waals surface area contributed by atoms with Crippen LogP contribution in [0.5, 0.6) is 0 Å². The summed E-state index contributed by atoms with van der Waals surface area (Å²) < 4.78 is 12.1. The van der Waals surface area contributed by atoms with Gasteiger partial charge in [-0.3, -0.25) is 14.4 Å². The fourth-order valence-corrected chi connectivity index (χ4v) is 5.02. The molecule has 3 N–H and O–H groups in total. The van der Waals surface area contributed by atoms with Crippen molar-refractivity contribution in [2.24, 2.45) is 7.05 Å². The number of esters is 1. The molecule has 0 aliphatic carbocycles. The number of para-hydroxylation sites is 2. The second-order valence-corrected chi connectivity index (χ2v) is 10.6. The first-order chi connectivity index (χ1) is 21.9. The van der Waals surface area contributed by atoms with Crippen LogP contribution in [0.15, 0.2) is 84.9 Å². The van der Waals surface area contributed by atoms with E-state index in [0.717, 1.165) is 22.0 Å². The van der Waals surface area contributed by atoms with Crippen LogP contribution in [0.25, 0.3) is 10.9 Å². The summed E-state index contributed by atoms with van der Waals surface area (Å²) in [5, 5.41) is 9.51. The molecular weight excluding hydrogens is 572 g/mol. The van der Waals surface area contributed by atoms with Crippen LogP contribution in [-0.2, 0) is 39.1 Å². The van der Waals surface area contributed by atoms with Gasteiger partial charge in [-0.1, -0.05) is 66.7 Å². The van der Waals surface area contributed by atoms with Gasteiger partial charge in [-0.15, -0.1) is 0 Å². The van der Waals surface area contributed by atoms with Gasteiger partial charge in [-0.05, 0) is 61.9 Å². The number of amides is 3. The molecular formula is C35H40N4O6. The lowest BCUT2D eigenvalue weighted by molar-refractivity contribution is -0.143. The number of ether oxygens (including phenoxy) is 2. The lowest BCUT2D eigenvalue weighted by atomic mass is 10.0. The van der Waals surface area contributed by atoms with Gasteiger partial charge in [0, 0.05) is 36.6 Å². The average molecular weight is 613 g/mol. The van der Waals surface area contributed by atoms with E-state index >= 15 is 0 Å². The Morgan fingerprint density at radius 2 is 1.60 bits per heavy atom. The van der Waals surface area contributed by atoms with Gasteiger partial charge in [-0.2, -0.15) is 0 Å². The van der Waals surface area contributed by atoms with Crippen molar-refractivity contribution in [3.8, 4) is 0 Å². The smallest absolute Gasteiger partial charge is 0.407 e. The number of benzene rings is 3. The van der Waals surface area contributed by atoms with Crippen LogP contribution in [-0.4, -0.2) is 47.6 Å². The summed E-state index contributed by atoms with van der Waals surface area (Å²) in [6, 6.07) is 25.3. The molecule has 0 fully saturated rings. The number of aromatic nitrogens is 1. The lowest BCUT2D eigenvalue weighted by Crippen LogP contribution is -2.44. The Balaban J connectivity index is 1.40. The quantitative estimate of drug-likeness (QED) is 0.120. The van der Waals surface area contributed by atoms with E-state index in [1.807, 2.05) is 79.8 Å². The average Bonchev–Trinajstić information content (AvgIpc) is 3.39. The predicted molar refractivity (Wildman–Crippen MR) is 173 cm³/mol. The van der Waals surface area contributed by atoms with E-state index in [9.17, 15) is 19.2 Å². The number of nitrogens with zero attached hydrogens (tertiary/aromatic N) is 1. The maximum absolute atomic E-state index is 13.6. The van der Waals surface area contributed by atoms with E-state index in [0.29, 0.717) is 37.3 Å². The molecule has 0 saturated carbocycles. The van der Waals surface area contributed by atoms with Crippen LogP contribution in [0, 0.1) is 0 Å². The molecule has 10 heteroatoms. The van der Waals surface area contributed by atoms with E-state index < -0.39 is 12.1 Å². The van der Waals surface area contributed by atoms with Gasteiger partial charge in [0.25, 0.3) is 5.91 Å². The van der Waals surface area contributed by atoms with Crippen LogP contribution in [0.3, 0.4) is 0 Å². The number of alkyl carbamates (subject to hydrolysis) is 1. The van der Waals surface area contributed by atoms with E-state index in [-0.39, 0.29) is 43.8 Å². The summed E-state index contributed by atoms with van der Waals surface area (Å²) >= 11 is 0. The van der Waals surface area contributed by atoms with Gasteiger partial charge >= 0.3 is 12.1 Å². The Hall–Kier alpha value is -5.12. The number of rotatable bonds is 15. The molecule has 0 aliphatic rings. The largest absolute Gasteiger partial charge is 0.466 e. The maximum atomic E-state index is 13.6. The Morgan fingerprint density at radius 3 is 2.38 bits per heavy atom. The highest BCUT2D eigenvalue weighted by molar-refractivity contribution is 6.03. The van der Waals surface area contributed by atoms with Gasteiger partial charge in [0.2, 0.25) is 5.91 Å². The molecule has 0 saturated heterocycles. The van der Waals surface area contributed by atoms with E-state index in [2.05, 4.69) is 16.0 Å². The van der Waals surface area contributed by atoms with Gasteiger partial charge in [-0.25, -0.2) is 4.79 Å². The van der Waals surface area contributed by atoms with Gasteiger partial charge < -0.3 is 30.0 Å². The third kappa shape index (κ3) is 9.69. The minimum atomic E-state index is -0.884. The first-order valence-electron chi connectivity index (χ1n) is 15.2. The molecule has 4 aromatic rings.